The van der Waals surface area contributed by atoms with E-state index in [1.165, 1.54) is 92.2 Å². The number of aromatic carboxylic acids is 1. The number of carbonyl (C=O) groups is 1. The van der Waals surface area contributed by atoms with Crippen LogP contribution in [-0.2, 0) is 6.54 Å². The normalized spacial score (nSPS) is 21.0. The fourth-order valence-electron chi connectivity index (χ4n) is 7.43. The summed E-state index contributed by atoms with van der Waals surface area (Å²) in [6.45, 7) is 7.53. The highest BCUT2D eigenvalue weighted by Crippen LogP contribution is 2.47. The van der Waals surface area contributed by atoms with Crippen LogP contribution in [0.4, 0.5) is 5.69 Å². The van der Waals surface area contributed by atoms with Crippen LogP contribution in [0.3, 0.4) is 0 Å². The van der Waals surface area contributed by atoms with E-state index in [0.29, 0.717) is 11.5 Å². The number of benzene rings is 2. The van der Waals surface area contributed by atoms with Crippen LogP contribution < -0.4 is 4.90 Å². The summed E-state index contributed by atoms with van der Waals surface area (Å²) in [7, 11) is 0. The molecule has 1 unspecified atom stereocenters. The molecule has 5 nitrogen and oxygen atoms in total. The number of hydrogen-bond donors (Lipinski definition) is 1. The zero-order chi connectivity index (χ0) is 25.4. The Bertz CT molecular complexity index is 1270. The number of para-hydroxylation sites is 1. The molecule has 3 aromatic rings. The third-order valence-corrected chi connectivity index (χ3v) is 9.33. The number of hydrogen-bond acceptors (Lipinski definition) is 3. The number of rotatable bonds is 6. The molecule has 0 spiro atoms. The number of fused-ring (bicyclic) bond motifs is 5. The van der Waals surface area contributed by atoms with Gasteiger partial charge in [-0.2, -0.15) is 0 Å². The molecule has 37 heavy (non-hydrogen) atoms. The smallest absolute Gasteiger partial charge is 0.335 e. The van der Waals surface area contributed by atoms with Crippen LogP contribution in [0.15, 0.2) is 42.5 Å². The van der Waals surface area contributed by atoms with Crippen LogP contribution in [0.5, 0.6) is 0 Å². The van der Waals surface area contributed by atoms with E-state index in [1.54, 1.807) is 6.07 Å². The number of piperidine rings is 1. The maximum Gasteiger partial charge on any atom is 0.335 e. The molecule has 196 valence electrons. The van der Waals surface area contributed by atoms with Crippen molar-refractivity contribution < 1.29 is 9.90 Å². The summed E-state index contributed by atoms with van der Waals surface area (Å²) in [5.41, 5.74) is 6.93. The van der Waals surface area contributed by atoms with E-state index < -0.39 is 5.97 Å². The molecule has 1 saturated heterocycles. The minimum absolute atomic E-state index is 0.382. The van der Waals surface area contributed by atoms with Crippen LogP contribution in [-0.4, -0.2) is 52.8 Å². The molecule has 3 aliphatic rings. The van der Waals surface area contributed by atoms with Crippen LogP contribution in [0.25, 0.3) is 22.2 Å². The average molecular weight is 500 g/mol. The first-order valence-electron chi connectivity index (χ1n) is 14.6. The average Bonchev–Trinajstić information content (AvgIpc) is 3.17. The molecule has 6 rings (SSSR count). The first-order chi connectivity index (χ1) is 18.2. The van der Waals surface area contributed by atoms with Gasteiger partial charge in [0.2, 0.25) is 0 Å². The number of carboxylic acids is 1. The largest absolute Gasteiger partial charge is 0.478 e. The Labute approximate surface area is 221 Å². The van der Waals surface area contributed by atoms with E-state index in [1.807, 2.05) is 6.07 Å². The molecule has 1 atom stereocenters. The van der Waals surface area contributed by atoms with Crippen molar-refractivity contribution in [2.45, 2.75) is 83.2 Å². The SMILES string of the molecule is CCC1CCCCN1CCN1CCn2c(c(C3CCCCC3)c3ccc(C(=O)O)cc32)-c2ccccc21. The minimum atomic E-state index is -0.848. The lowest BCUT2D eigenvalue weighted by molar-refractivity contribution is 0.0697. The summed E-state index contributed by atoms with van der Waals surface area (Å²) >= 11 is 0. The fourth-order valence-corrected chi connectivity index (χ4v) is 7.43. The molecule has 0 radical (unpaired) electrons. The van der Waals surface area contributed by atoms with Crippen LogP contribution >= 0.6 is 0 Å². The second kappa shape index (κ2) is 10.5. The van der Waals surface area contributed by atoms with Gasteiger partial charge in [0.1, 0.15) is 0 Å². The van der Waals surface area contributed by atoms with Crippen molar-refractivity contribution in [1.82, 2.24) is 9.47 Å². The van der Waals surface area contributed by atoms with Crippen molar-refractivity contribution in [2.75, 3.05) is 31.1 Å². The summed E-state index contributed by atoms with van der Waals surface area (Å²) in [5, 5.41) is 11.0. The molecule has 0 bridgehead atoms. The van der Waals surface area contributed by atoms with Gasteiger partial charge in [0.15, 0.2) is 0 Å². The molecule has 1 aromatic heterocycles. The Morgan fingerprint density at radius 3 is 2.54 bits per heavy atom. The van der Waals surface area contributed by atoms with Crippen LogP contribution in [0, 0.1) is 0 Å². The highest BCUT2D eigenvalue weighted by molar-refractivity contribution is 5.99. The lowest BCUT2D eigenvalue weighted by atomic mass is 9.81. The van der Waals surface area contributed by atoms with E-state index in [-0.39, 0.29) is 0 Å². The molecule has 2 aromatic carbocycles. The first kappa shape index (κ1) is 24.5. The lowest BCUT2D eigenvalue weighted by Gasteiger charge is -2.37. The molecule has 1 N–H and O–H groups in total. The van der Waals surface area contributed by atoms with E-state index in [2.05, 4.69) is 51.6 Å². The Balaban J connectivity index is 1.43. The van der Waals surface area contributed by atoms with Crippen LogP contribution in [0.2, 0.25) is 0 Å². The van der Waals surface area contributed by atoms with E-state index in [0.717, 1.165) is 37.7 Å². The van der Waals surface area contributed by atoms with Crippen molar-refractivity contribution in [3.63, 3.8) is 0 Å². The first-order valence-corrected chi connectivity index (χ1v) is 14.6. The molecule has 5 heteroatoms. The molecular weight excluding hydrogens is 458 g/mol. The monoisotopic (exact) mass is 499 g/mol. The number of anilines is 1. The molecule has 3 heterocycles. The maximum absolute atomic E-state index is 11.9. The Morgan fingerprint density at radius 1 is 0.919 bits per heavy atom. The zero-order valence-corrected chi connectivity index (χ0v) is 22.3. The second-order valence-corrected chi connectivity index (χ2v) is 11.4. The second-order valence-electron chi connectivity index (χ2n) is 11.4. The van der Waals surface area contributed by atoms with Gasteiger partial charge < -0.3 is 14.6 Å². The zero-order valence-electron chi connectivity index (χ0n) is 22.3. The van der Waals surface area contributed by atoms with Crippen molar-refractivity contribution >= 4 is 22.6 Å². The number of likely N-dealkylation sites (tertiary alicyclic amines) is 1. The van der Waals surface area contributed by atoms with Crippen molar-refractivity contribution in [3.05, 3.63) is 53.6 Å². The van der Waals surface area contributed by atoms with E-state index in [9.17, 15) is 9.90 Å². The topological polar surface area (TPSA) is 48.7 Å². The van der Waals surface area contributed by atoms with Gasteiger partial charge in [-0.1, -0.05) is 56.9 Å². The maximum atomic E-state index is 11.9. The number of nitrogens with zero attached hydrogens (tertiary/aromatic N) is 3. The van der Waals surface area contributed by atoms with Gasteiger partial charge >= 0.3 is 5.97 Å². The highest BCUT2D eigenvalue weighted by atomic mass is 16.4. The number of carboxylic acid groups (broad SMARTS) is 1. The molecular formula is C32H41N3O2. The lowest BCUT2D eigenvalue weighted by Crippen LogP contribution is -2.44. The minimum Gasteiger partial charge on any atom is -0.478 e. The number of aromatic nitrogens is 1. The quantitative estimate of drug-likeness (QED) is 0.392. The Hall–Kier alpha value is -2.79. The predicted molar refractivity (Wildman–Crippen MR) is 152 cm³/mol. The van der Waals surface area contributed by atoms with Gasteiger partial charge in [-0.05, 0) is 68.3 Å². The van der Waals surface area contributed by atoms with Gasteiger partial charge in [-0.15, -0.1) is 0 Å². The fraction of sp³-hybridized carbons (Fsp3) is 0.531. The van der Waals surface area contributed by atoms with Gasteiger partial charge in [0, 0.05) is 54.4 Å². The molecule has 2 fully saturated rings. The third-order valence-electron chi connectivity index (χ3n) is 9.33. The molecule has 1 saturated carbocycles. The summed E-state index contributed by atoms with van der Waals surface area (Å²) < 4.78 is 2.46. The standard InChI is InChI=1S/C32H41N3O2/c1-2-25-12-8-9-17-33(25)18-19-34-20-21-35-29-22-24(32(36)37)15-16-26(29)30(23-10-4-3-5-11-23)31(35)27-13-6-7-14-28(27)34/h6-7,13-16,22-23,25H,2-5,8-12,17-21H2,1H3,(H,36,37). The summed E-state index contributed by atoms with van der Waals surface area (Å²) in [4.78, 5) is 17.2. The van der Waals surface area contributed by atoms with E-state index >= 15 is 0 Å². The highest BCUT2D eigenvalue weighted by Gasteiger charge is 2.31. The van der Waals surface area contributed by atoms with Gasteiger partial charge in [0.25, 0.3) is 0 Å². The van der Waals surface area contributed by atoms with Crippen molar-refractivity contribution in [3.8, 4) is 11.3 Å². The Kier molecular flexibility index (Phi) is 6.98. The van der Waals surface area contributed by atoms with Gasteiger partial charge in [-0.3, -0.25) is 4.90 Å². The summed E-state index contributed by atoms with van der Waals surface area (Å²) in [6, 6.07) is 15.5. The van der Waals surface area contributed by atoms with E-state index in [4.69, 9.17) is 0 Å². The van der Waals surface area contributed by atoms with Crippen molar-refractivity contribution in [2.24, 2.45) is 0 Å². The molecule has 0 amide bonds. The molecule has 2 aliphatic heterocycles. The van der Waals surface area contributed by atoms with Crippen LogP contribution in [0.1, 0.15) is 86.6 Å². The third kappa shape index (κ3) is 4.56. The van der Waals surface area contributed by atoms with Crippen molar-refractivity contribution in [1.29, 1.82) is 0 Å². The summed E-state index contributed by atoms with van der Waals surface area (Å²) in [5.74, 6) is -0.305. The van der Waals surface area contributed by atoms with Gasteiger partial charge in [-0.25, -0.2) is 4.79 Å². The van der Waals surface area contributed by atoms with Gasteiger partial charge in [0.05, 0.1) is 11.3 Å². The molecule has 1 aliphatic carbocycles. The summed E-state index contributed by atoms with van der Waals surface area (Å²) in [6.07, 6.45) is 11.6. The Morgan fingerprint density at radius 2 is 1.73 bits per heavy atom. The predicted octanol–water partition coefficient (Wildman–Crippen LogP) is 7.14.